The van der Waals surface area contributed by atoms with Crippen LogP contribution < -0.4 is 0 Å². The van der Waals surface area contributed by atoms with Crippen LogP contribution in [0.2, 0.25) is 0 Å². The molecule has 5 nitrogen and oxygen atoms in total. The molecule has 132 valence electrons. The molecule has 7 heteroatoms. The number of carbonyl (C=O) groups is 2. The monoisotopic (exact) mass is 385 g/mol. The van der Waals surface area contributed by atoms with Gasteiger partial charge in [0.1, 0.15) is 15.8 Å². The summed E-state index contributed by atoms with van der Waals surface area (Å²) in [6.45, 7) is 4.02. The predicted molar refractivity (Wildman–Crippen MR) is 106 cm³/mol. The largest absolute Gasteiger partial charge is 0.465 e. The van der Waals surface area contributed by atoms with Gasteiger partial charge in [0.15, 0.2) is 0 Å². The summed E-state index contributed by atoms with van der Waals surface area (Å²) < 4.78 is 11.0. The molecule has 0 aliphatic carbocycles. The van der Waals surface area contributed by atoms with E-state index in [4.69, 9.17) is 16.6 Å². The van der Waals surface area contributed by atoms with E-state index in [9.17, 15) is 9.59 Å². The molecule has 0 N–H and O–H groups in total. The van der Waals surface area contributed by atoms with Crippen molar-refractivity contribution in [1.82, 2.24) is 4.90 Å². The Bertz CT molecular complexity index is 912. The Morgan fingerprint density at radius 3 is 2.69 bits per heavy atom. The number of methoxy groups -OCH3 is 1. The van der Waals surface area contributed by atoms with Crippen molar-refractivity contribution < 1.29 is 18.7 Å². The number of thiocarbonyl (C=S) groups is 1. The summed E-state index contributed by atoms with van der Waals surface area (Å²) in [5, 5.41) is 0. The van der Waals surface area contributed by atoms with Crippen LogP contribution in [-0.4, -0.2) is 34.8 Å². The van der Waals surface area contributed by atoms with Gasteiger partial charge in [-0.15, -0.1) is 6.58 Å². The zero-order chi connectivity index (χ0) is 18.7. The van der Waals surface area contributed by atoms with Crippen LogP contribution in [0.3, 0.4) is 0 Å². The van der Waals surface area contributed by atoms with E-state index in [2.05, 4.69) is 11.3 Å². The number of amides is 1. The first kappa shape index (κ1) is 18.2. The molecule has 26 heavy (non-hydrogen) atoms. The topological polar surface area (TPSA) is 59.8 Å². The van der Waals surface area contributed by atoms with E-state index in [0.29, 0.717) is 32.9 Å². The number of thioether (sulfide) groups is 1. The van der Waals surface area contributed by atoms with Crippen molar-refractivity contribution in [2.24, 2.45) is 0 Å². The molecule has 1 fully saturated rings. The lowest BCUT2D eigenvalue weighted by molar-refractivity contribution is -0.121. The Morgan fingerprint density at radius 2 is 2.04 bits per heavy atom. The smallest absolute Gasteiger partial charge is 0.337 e. The number of carbonyl (C=O) groups excluding carboxylic acids is 2. The SMILES string of the molecule is C=CCN1C(=O)/C(=C\c2ccc(-c3ccc(C(=O)OC)cc3)o2)SC1=S. The van der Waals surface area contributed by atoms with Gasteiger partial charge in [0, 0.05) is 18.2 Å². The van der Waals surface area contributed by atoms with Gasteiger partial charge in [-0.1, -0.05) is 42.2 Å². The molecule has 1 aliphatic rings. The maximum atomic E-state index is 12.3. The van der Waals surface area contributed by atoms with E-state index in [1.165, 1.54) is 23.8 Å². The Morgan fingerprint density at radius 1 is 1.31 bits per heavy atom. The summed E-state index contributed by atoms with van der Waals surface area (Å²) >= 11 is 6.45. The summed E-state index contributed by atoms with van der Waals surface area (Å²) in [4.78, 5) is 25.8. The molecule has 0 radical (unpaired) electrons. The number of hydrogen-bond acceptors (Lipinski definition) is 6. The van der Waals surface area contributed by atoms with Gasteiger partial charge < -0.3 is 9.15 Å². The highest BCUT2D eigenvalue weighted by Crippen LogP contribution is 2.33. The minimum absolute atomic E-state index is 0.153. The van der Waals surface area contributed by atoms with Crippen LogP contribution in [0.25, 0.3) is 17.4 Å². The summed E-state index contributed by atoms with van der Waals surface area (Å²) in [5.41, 5.74) is 1.28. The van der Waals surface area contributed by atoms with Crippen molar-refractivity contribution in [2.75, 3.05) is 13.7 Å². The summed E-state index contributed by atoms with van der Waals surface area (Å²) in [7, 11) is 1.34. The lowest BCUT2D eigenvalue weighted by Gasteiger charge is -2.10. The van der Waals surface area contributed by atoms with Gasteiger partial charge in [-0.2, -0.15) is 0 Å². The molecule has 2 heterocycles. The molecule has 0 bridgehead atoms. The lowest BCUT2D eigenvalue weighted by Crippen LogP contribution is -2.27. The normalized spacial score (nSPS) is 15.6. The molecular weight excluding hydrogens is 370 g/mol. The Kier molecular flexibility index (Phi) is 5.39. The second-order valence-corrected chi connectivity index (χ2v) is 7.03. The molecule has 0 unspecified atom stereocenters. The van der Waals surface area contributed by atoms with Crippen LogP contribution in [0.4, 0.5) is 0 Å². The Labute approximate surface area is 160 Å². The van der Waals surface area contributed by atoms with E-state index in [1.807, 2.05) is 6.07 Å². The molecule has 1 aromatic heterocycles. The third-order valence-electron chi connectivity index (χ3n) is 3.68. The number of hydrogen-bond donors (Lipinski definition) is 0. The average Bonchev–Trinajstić information content (AvgIpc) is 3.22. The van der Waals surface area contributed by atoms with Gasteiger partial charge in [0.2, 0.25) is 0 Å². The molecular formula is C19H15NO4S2. The number of nitrogens with zero attached hydrogens (tertiary/aromatic N) is 1. The van der Waals surface area contributed by atoms with E-state index in [-0.39, 0.29) is 5.91 Å². The molecule has 1 aliphatic heterocycles. The fraction of sp³-hybridized carbons (Fsp3) is 0.105. The van der Waals surface area contributed by atoms with Gasteiger partial charge >= 0.3 is 5.97 Å². The van der Waals surface area contributed by atoms with Crippen molar-refractivity contribution in [3.8, 4) is 11.3 Å². The first-order valence-corrected chi connectivity index (χ1v) is 8.91. The number of esters is 1. The van der Waals surface area contributed by atoms with Crippen LogP contribution in [0.1, 0.15) is 16.1 Å². The third-order valence-corrected chi connectivity index (χ3v) is 5.05. The van der Waals surface area contributed by atoms with E-state index in [0.717, 1.165) is 5.56 Å². The van der Waals surface area contributed by atoms with E-state index < -0.39 is 5.97 Å². The summed E-state index contributed by atoms with van der Waals surface area (Å²) in [5.74, 6) is 0.642. The standard InChI is InChI=1S/C19H15NO4S2/c1-3-10-20-17(21)16(26-19(20)25)11-14-8-9-15(24-14)12-4-6-13(7-5-12)18(22)23-2/h3-9,11H,1,10H2,2H3/b16-11+. The molecule has 1 amide bonds. The number of rotatable bonds is 5. The lowest BCUT2D eigenvalue weighted by atomic mass is 10.1. The van der Waals surface area contributed by atoms with Crippen molar-refractivity contribution >= 4 is 46.3 Å². The second kappa shape index (κ2) is 7.72. The first-order valence-electron chi connectivity index (χ1n) is 7.68. The van der Waals surface area contributed by atoms with Crippen molar-refractivity contribution in [1.29, 1.82) is 0 Å². The minimum Gasteiger partial charge on any atom is -0.465 e. The number of benzene rings is 1. The maximum Gasteiger partial charge on any atom is 0.337 e. The first-order chi connectivity index (χ1) is 12.5. The highest BCUT2D eigenvalue weighted by Gasteiger charge is 2.31. The zero-order valence-corrected chi connectivity index (χ0v) is 15.6. The van der Waals surface area contributed by atoms with E-state index >= 15 is 0 Å². The molecule has 3 rings (SSSR count). The van der Waals surface area contributed by atoms with E-state index in [1.54, 1.807) is 42.5 Å². The van der Waals surface area contributed by atoms with Crippen LogP contribution >= 0.6 is 24.0 Å². The fourth-order valence-electron chi connectivity index (χ4n) is 2.39. The molecule has 0 atom stereocenters. The van der Waals surface area contributed by atoms with Crippen LogP contribution in [0, 0.1) is 0 Å². The van der Waals surface area contributed by atoms with Crippen molar-refractivity contribution in [3.05, 3.63) is 65.3 Å². The molecule has 1 saturated heterocycles. The highest BCUT2D eigenvalue weighted by atomic mass is 32.2. The maximum absolute atomic E-state index is 12.3. The molecule has 0 spiro atoms. The predicted octanol–water partition coefficient (Wildman–Crippen LogP) is 4.12. The molecule has 1 aromatic carbocycles. The van der Waals surface area contributed by atoms with Gasteiger partial charge in [-0.25, -0.2) is 4.79 Å². The second-order valence-electron chi connectivity index (χ2n) is 5.35. The van der Waals surface area contributed by atoms with Gasteiger partial charge in [0.05, 0.1) is 17.6 Å². The highest BCUT2D eigenvalue weighted by molar-refractivity contribution is 8.26. The van der Waals surface area contributed by atoms with Crippen molar-refractivity contribution in [2.45, 2.75) is 0 Å². The number of furan rings is 1. The van der Waals surface area contributed by atoms with Gasteiger partial charge in [-0.3, -0.25) is 9.69 Å². The van der Waals surface area contributed by atoms with Crippen LogP contribution in [0.5, 0.6) is 0 Å². The van der Waals surface area contributed by atoms with Crippen LogP contribution in [0.15, 0.2) is 58.4 Å². The summed E-state index contributed by atoms with van der Waals surface area (Å²) in [6, 6.07) is 10.5. The average molecular weight is 385 g/mol. The minimum atomic E-state index is -0.391. The van der Waals surface area contributed by atoms with Gasteiger partial charge in [0.25, 0.3) is 5.91 Å². The van der Waals surface area contributed by atoms with Crippen molar-refractivity contribution in [3.63, 3.8) is 0 Å². The molecule has 2 aromatic rings. The third kappa shape index (κ3) is 3.63. The Hall–Kier alpha value is -2.64. The number of ether oxygens (including phenoxy) is 1. The van der Waals surface area contributed by atoms with Crippen LogP contribution in [-0.2, 0) is 9.53 Å². The fourth-order valence-corrected chi connectivity index (χ4v) is 3.64. The Balaban J connectivity index is 1.80. The zero-order valence-electron chi connectivity index (χ0n) is 13.9. The quantitative estimate of drug-likeness (QED) is 0.334. The van der Waals surface area contributed by atoms with Gasteiger partial charge in [-0.05, 0) is 24.3 Å². The molecule has 0 saturated carbocycles. The summed E-state index contributed by atoms with van der Waals surface area (Å²) in [6.07, 6.45) is 3.31.